The van der Waals surface area contributed by atoms with Gasteiger partial charge in [0.2, 0.25) is 0 Å². The predicted octanol–water partition coefficient (Wildman–Crippen LogP) is 4.98. The lowest BCUT2D eigenvalue weighted by Gasteiger charge is -2.18. The summed E-state index contributed by atoms with van der Waals surface area (Å²) in [6, 6.07) is 10.6. The normalized spacial score (nSPS) is 12.7. The van der Waals surface area contributed by atoms with Crippen LogP contribution < -0.4 is 5.32 Å². The molecule has 1 heterocycles. The van der Waals surface area contributed by atoms with Crippen molar-refractivity contribution in [3.63, 3.8) is 0 Å². The number of benzene rings is 1. The molecule has 0 aliphatic carbocycles. The van der Waals surface area contributed by atoms with Crippen LogP contribution in [0.4, 0.5) is 0 Å². The third-order valence-electron chi connectivity index (χ3n) is 3.00. The molecule has 1 N–H and O–H groups in total. The van der Waals surface area contributed by atoms with E-state index in [0.717, 1.165) is 11.4 Å². The molecule has 0 aliphatic heterocycles. The van der Waals surface area contributed by atoms with E-state index in [1.165, 1.54) is 19.8 Å². The van der Waals surface area contributed by atoms with Crippen molar-refractivity contribution in [2.45, 2.75) is 19.4 Å². The number of halogens is 2. The van der Waals surface area contributed by atoms with Crippen molar-refractivity contribution in [2.24, 2.45) is 0 Å². The Morgan fingerprint density at radius 2 is 2.11 bits per heavy atom. The molecule has 0 spiro atoms. The number of likely N-dealkylation sites (N-methyl/N-ethyl adjacent to an activating group) is 1. The lowest BCUT2D eigenvalue weighted by Crippen LogP contribution is -2.19. The Labute approximate surface area is 125 Å². The van der Waals surface area contributed by atoms with E-state index < -0.39 is 0 Å². The first-order chi connectivity index (χ1) is 8.60. The van der Waals surface area contributed by atoms with E-state index in [1.807, 2.05) is 13.1 Å². The van der Waals surface area contributed by atoms with Gasteiger partial charge in [0.15, 0.2) is 0 Å². The molecule has 0 radical (unpaired) electrons. The second-order valence-electron chi connectivity index (χ2n) is 4.25. The fourth-order valence-corrected chi connectivity index (χ4v) is 3.73. The first-order valence-electron chi connectivity index (χ1n) is 5.77. The van der Waals surface area contributed by atoms with Crippen LogP contribution in [0.2, 0.25) is 5.02 Å². The van der Waals surface area contributed by atoms with Gasteiger partial charge in [-0.05, 0) is 65.3 Å². The van der Waals surface area contributed by atoms with Crippen molar-refractivity contribution in [3.8, 4) is 0 Å². The van der Waals surface area contributed by atoms with Crippen LogP contribution in [0.15, 0.2) is 34.1 Å². The number of aryl methyl sites for hydroxylation is 1. The second-order valence-corrected chi connectivity index (χ2v) is 7.24. The maximum Gasteiger partial charge on any atom is 0.0701 e. The highest BCUT2D eigenvalue weighted by Crippen LogP contribution is 2.29. The Morgan fingerprint density at radius 3 is 2.72 bits per heavy atom. The van der Waals surface area contributed by atoms with Crippen molar-refractivity contribution < 1.29 is 0 Å². The Balaban J connectivity index is 2.25. The number of nitrogens with one attached hydrogen (secondary N) is 1. The quantitative estimate of drug-likeness (QED) is 0.825. The highest BCUT2D eigenvalue weighted by atomic mass is 79.9. The first kappa shape index (κ1) is 14.1. The van der Waals surface area contributed by atoms with Gasteiger partial charge >= 0.3 is 0 Å². The van der Waals surface area contributed by atoms with Crippen molar-refractivity contribution in [2.75, 3.05) is 7.05 Å². The Bertz CT molecular complexity index is 538. The van der Waals surface area contributed by atoms with Crippen molar-refractivity contribution in [1.29, 1.82) is 0 Å². The molecule has 1 unspecified atom stereocenters. The molecule has 2 rings (SSSR count). The fraction of sp³-hybridized carbons (Fsp3) is 0.286. The van der Waals surface area contributed by atoms with E-state index in [1.54, 1.807) is 11.3 Å². The lowest BCUT2D eigenvalue weighted by atomic mass is 9.98. The lowest BCUT2D eigenvalue weighted by molar-refractivity contribution is 0.593. The van der Waals surface area contributed by atoms with Crippen molar-refractivity contribution in [1.82, 2.24) is 5.32 Å². The van der Waals surface area contributed by atoms with Crippen LogP contribution in [0, 0.1) is 6.92 Å². The Kier molecular flexibility index (Phi) is 4.84. The summed E-state index contributed by atoms with van der Waals surface area (Å²) in [6.45, 7) is 2.13. The van der Waals surface area contributed by atoms with Gasteiger partial charge in [-0.15, -0.1) is 11.3 Å². The van der Waals surface area contributed by atoms with E-state index in [4.69, 9.17) is 11.6 Å². The minimum Gasteiger partial charge on any atom is -0.313 e. The molecule has 1 aromatic carbocycles. The summed E-state index contributed by atoms with van der Waals surface area (Å²) < 4.78 is 1.18. The number of rotatable bonds is 4. The van der Waals surface area contributed by atoms with Gasteiger partial charge in [-0.25, -0.2) is 0 Å². The van der Waals surface area contributed by atoms with Crippen LogP contribution in [-0.4, -0.2) is 7.05 Å². The molecule has 0 bridgehead atoms. The molecular weight excluding hydrogens is 330 g/mol. The van der Waals surface area contributed by atoms with Crippen LogP contribution in [0.1, 0.15) is 22.0 Å². The number of hydrogen-bond acceptors (Lipinski definition) is 2. The zero-order valence-electron chi connectivity index (χ0n) is 10.3. The summed E-state index contributed by atoms with van der Waals surface area (Å²) >= 11 is 11.4. The minimum absolute atomic E-state index is 0.300. The molecule has 1 nitrogen and oxygen atoms in total. The van der Waals surface area contributed by atoms with Crippen molar-refractivity contribution in [3.05, 3.63) is 55.1 Å². The molecule has 1 aromatic heterocycles. The largest absolute Gasteiger partial charge is 0.313 e. The maximum absolute atomic E-state index is 6.09. The van der Waals surface area contributed by atoms with E-state index in [0.29, 0.717) is 6.04 Å². The van der Waals surface area contributed by atoms with Crippen LogP contribution in [-0.2, 0) is 6.42 Å². The molecule has 0 saturated carbocycles. The van der Waals surface area contributed by atoms with Gasteiger partial charge in [0.05, 0.1) is 3.79 Å². The summed E-state index contributed by atoms with van der Waals surface area (Å²) in [7, 11) is 1.99. The van der Waals surface area contributed by atoms with E-state index in [-0.39, 0.29) is 0 Å². The molecule has 0 amide bonds. The zero-order chi connectivity index (χ0) is 13.1. The average Bonchev–Trinajstić information content (AvgIpc) is 2.75. The molecular formula is C14H15BrClNS. The monoisotopic (exact) mass is 343 g/mol. The minimum atomic E-state index is 0.300. The van der Waals surface area contributed by atoms with Gasteiger partial charge in [-0.3, -0.25) is 0 Å². The summed E-state index contributed by atoms with van der Waals surface area (Å²) in [5.74, 6) is 0. The third kappa shape index (κ3) is 3.35. The van der Waals surface area contributed by atoms with E-state index in [9.17, 15) is 0 Å². The van der Waals surface area contributed by atoms with Crippen LogP contribution in [0.3, 0.4) is 0 Å². The van der Waals surface area contributed by atoms with Crippen LogP contribution >= 0.6 is 38.9 Å². The second kappa shape index (κ2) is 6.20. The highest BCUT2D eigenvalue weighted by molar-refractivity contribution is 9.11. The van der Waals surface area contributed by atoms with Crippen LogP contribution in [0.25, 0.3) is 0 Å². The standard InChI is InChI=1S/C14H15BrClNS/c1-9-3-4-10(16)7-12(9)13(17-2)8-11-5-6-14(15)18-11/h3-7,13,17H,8H2,1-2H3. The number of hydrogen-bond donors (Lipinski definition) is 1. The van der Waals surface area contributed by atoms with Gasteiger partial charge < -0.3 is 5.32 Å². The molecule has 18 heavy (non-hydrogen) atoms. The predicted molar refractivity (Wildman–Crippen MR) is 83.7 cm³/mol. The number of thiophene rings is 1. The molecule has 0 aliphatic rings. The first-order valence-corrected chi connectivity index (χ1v) is 7.76. The highest BCUT2D eigenvalue weighted by Gasteiger charge is 2.14. The molecule has 0 fully saturated rings. The summed E-state index contributed by atoms with van der Waals surface area (Å²) in [5.41, 5.74) is 2.55. The maximum atomic E-state index is 6.09. The van der Waals surface area contributed by atoms with Crippen molar-refractivity contribution >= 4 is 38.9 Å². The molecule has 4 heteroatoms. The fourth-order valence-electron chi connectivity index (χ4n) is 2.02. The van der Waals surface area contributed by atoms with E-state index >= 15 is 0 Å². The van der Waals surface area contributed by atoms with Crippen LogP contribution in [0.5, 0.6) is 0 Å². The summed E-state index contributed by atoms with van der Waals surface area (Å²) in [5, 5.41) is 4.17. The van der Waals surface area contributed by atoms with Gasteiger partial charge in [0.25, 0.3) is 0 Å². The topological polar surface area (TPSA) is 12.0 Å². The molecule has 2 aromatic rings. The third-order valence-corrected chi connectivity index (χ3v) is 4.88. The zero-order valence-corrected chi connectivity index (χ0v) is 13.5. The molecule has 96 valence electrons. The summed E-state index contributed by atoms with van der Waals surface area (Å²) in [4.78, 5) is 1.36. The van der Waals surface area contributed by atoms with Gasteiger partial charge in [0, 0.05) is 22.4 Å². The average molecular weight is 345 g/mol. The Morgan fingerprint density at radius 1 is 1.33 bits per heavy atom. The van der Waals surface area contributed by atoms with Gasteiger partial charge in [0.1, 0.15) is 0 Å². The molecule has 0 saturated heterocycles. The summed E-state index contributed by atoms with van der Waals surface area (Å²) in [6.07, 6.45) is 0.980. The Hall–Kier alpha value is -0.350. The van der Waals surface area contributed by atoms with Gasteiger partial charge in [-0.1, -0.05) is 17.7 Å². The van der Waals surface area contributed by atoms with Gasteiger partial charge in [-0.2, -0.15) is 0 Å². The SMILES string of the molecule is CNC(Cc1ccc(Br)s1)c1cc(Cl)ccc1C. The smallest absolute Gasteiger partial charge is 0.0701 e. The molecule has 1 atom stereocenters. The van der Waals surface area contributed by atoms with E-state index in [2.05, 4.69) is 52.4 Å².